The van der Waals surface area contributed by atoms with E-state index >= 15 is 0 Å². The van der Waals surface area contributed by atoms with Gasteiger partial charge in [0.25, 0.3) is 0 Å². The van der Waals surface area contributed by atoms with Crippen molar-refractivity contribution in [2.45, 2.75) is 19.1 Å². The lowest BCUT2D eigenvalue weighted by atomic mass is 10.1. The van der Waals surface area contributed by atoms with Crippen LogP contribution in [-0.2, 0) is 0 Å². The maximum atomic E-state index is 11.6. The highest BCUT2D eigenvalue weighted by atomic mass is 16.5. The molecule has 0 aromatic heterocycles. The fourth-order valence-electron chi connectivity index (χ4n) is 1.77. The topological polar surface area (TPSA) is 53.6 Å². The molecule has 1 aliphatic heterocycles. The van der Waals surface area contributed by atoms with Crippen molar-refractivity contribution in [3.8, 4) is 5.75 Å². The van der Waals surface area contributed by atoms with Crippen LogP contribution >= 0.6 is 0 Å². The van der Waals surface area contributed by atoms with Crippen LogP contribution < -0.4 is 15.4 Å². The molecule has 1 saturated heterocycles. The fraction of sp³-hybridized carbons (Fsp3) is 0.500. The molecule has 1 unspecified atom stereocenters. The van der Waals surface area contributed by atoms with Crippen molar-refractivity contribution < 1.29 is 9.53 Å². The van der Waals surface area contributed by atoms with Gasteiger partial charge >= 0.3 is 6.03 Å². The van der Waals surface area contributed by atoms with Gasteiger partial charge < -0.3 is 20.3 Å². The van der Waals surface area contributed by atoms with Gasteiger partial charge in [-0.1, -0.05) is 12.1 Å². The number of benzene rings is 1. The van der Waals surface area contributed by atoms with E-state index in [9.17, 15) is 4.79 Å². The van der Waals surface area contributed by atoms with Gasteiger partial charge in [-0.05, 0) is 24.6 Å². The van der Waals surface area contributed by atoms with E-state index in [2.05, 4.69) is 10.6 Å². The summed E-state index contributed by atoms with van der Waals surface area (Å²) < 4.78 is 5.75. The van der Waals surface area contributed by atoms with Crippen LogP contribution in [0, 0.1) is 0 Å². The second-order valence-corrected chi connectivity index (χ2v) is 5.03. The van der Waals surface area contributed by atoms with Crippen molar-refractivity contribution in [1.29, 1.82) is 0 Å². The largest absolute Gasteiger partial charge is 0.488 e. The van der Waals surface area contributed by atoms with Gasteiger partial charge in [-0.15, -0.1) is 0 Å². The van der Waals surface area contributed by atoms with Crippen molar-refractivity contribution in [2.75, 3.05) is 27.2 Å². The lowest BCUT2D eigenvalue weighted by Crippen LogP contribution is -2.50. The smallest absolute Gasteiger partial charge is 0.317 e. The van der Waals surface area contributed by atoms with Crippen LogP contribution in [0.25, 0.3) is 0 Å². The van der Waals surface area contributed by atoms with Gasteiger partial charge in [0.05, 0.1) is 6.04 Å². The van der Waals surface area contributed by atoms with Crippen LogP contribution in [0.2, 0.25) is 0 Å². The van der Waals surface area contributed by atoms with Crippen LogP contribution in [0.1, 0.15) is 18.5 Å². The number of amides is 2. The summed E-state index contributed by atoms with van der Waals surface area (Å²) in [7, 11) is 3.46. The Balaban J connectivity index is 1.91. The number of hydrogen-bond donors (Lipinski definition) is 2. The van der Waals surface area contributed by atoms with Crippen LogP contribution in [0.3, 0.4) is 0 Å². The zero-order chi connectivity index (χ0) is 13.8. The molecular formula is C14H21N3O2. The van der Waals surface area contributed by atoms with E-state index in [0.717, 1.165) is 24.4 Å². The highest BCUT2D eigenvalue weighted by Gasteiger charge is 2.18. The summed E-state index contributed by atoms with van der Waals surface area (Å²) >= 11 is 0. The van der Waals surface area contributed by atoms with E-state index in [4.69, 9.17) is 4.74 Å². The Morgan fingerprint density at radius 1 is 1.37 bits per heavy atom. The highest BCUT2D eigenvalue weighted by molar-refractivity contribution is 5.74. The molecule has 1 aliphatic rings. The molecule has 0 bridgehead atoms. The first-order valence-corrected chi connectivity index (χ1v) is 6.51. The van der Waals surface area contributed by atoms with Crippen LogP contribution in [-0.4, -0.2) is 44.2 Å². The Morgan fingerprint density at radius 2 is 2.00 bits per heavy atom. The summed E-state index contributed by atoms with van der Waals surface area (Å²) in [5.41, 5.74) is 1.06. The van der Waals surface area contributed by atoms with Crippen LogP contribution in [0.4, 0.5) is 4.79 Å². The van der Waals surface area contributed by atoms with Gasteiger partial charge in [-0.25, -0.2) is 4.79 Å². The van der Waals surface area contributed by atoms with Gasteiger partial charge in [0.1, 0.15) is 11.9 Å². The zero-order valence-electron chi connectivity index (χ0n) is 11.6. The lowest BCUT2D eigenvalue weighted by Gasteiger charge is -2.28. The normalized spacial score (nSPS) is 16.4. The quantitative estimate of drug-likeness (QED) is 0.862. The number of urea groups is 1. The van der Waals surface area contributed by atoms with Crippen molar-refractivity contribution in [3.05, 3.63) is 29.8 Å². The molecule has 1 heterocycles. The minimum absolute atomic E-state index is 0.0191. The molecule has 5 heteroatoms. The van der Waals surface area contributed by atoms with Gasteiger partial charge in [0.2, 0.25) is 0 Å². The lowest BCUT2D eigenvalue weighted by molar-refractivity contribution is 0.142. The van der Waals surface area contributed by atoms with E-state index in [0.29, 0.717) is 0 Å². The molecule has 1 atom stereocenters. The van der Waals surface area contributed by atoms with Gasteiger partial charge in [-0.3, -0.25) is 0 Å². The molecule has 2 rings (SSSR count). The molecule has 104 valence electrons. The summed E-state index contributed by atoms with van der Waals surface area (Å²) in [4.78, 5) is 13.1. The predicted molar refractivity (Wildman–Crippen MR) is 74.4 cm³/mol. The second-order valence-electron chi connectivity index (χ2n) is 5.03. The maximum Gasteiger partial charge on any atom is 0.317 e. The molecular weight excluding hydrogens is 242 g/mol. The van der Waals surface area contributed by atoms with Crippen molar-refractivity contribution >= 4 is 6.03 Å². The minimum Gasteiger partial charge on any atom is -0.488 e. The third kappa shape index (κ3) is 3.61. The van der Waals surface area contributed by atoms with E-state index in [1.807, 2.05) is 31.2 Å². The zero-order valence-corrected chi connectivity index (χ0v) is 11.6. The van der Waals surface area contributed by atoms with Gasteiger partial charge in [0.15, 0.2) is 0 Å². The van der Waals surface area contributed by atoms with Crippen LogP contribution in [0.15, 0.2) is 24.3 Å². The van der Waals surface area contributed by atoms with Crippen molar-refractivity contribution in [3.63, 3.8) is 0 Å². The van der Waals surface area contributed by atoms with E-state index in [1.165, 1.54) is 4.90 Å². The van der Waals surface area contributed by atoms with E-state index in [-0.39, 0.29) is 18.2 Å². The van der Waals surface area contributed by atoms with Gasteiger partial charge in [-0.2, -0.15) is 0 Å². The number of ether oxygens (including phenoxy) is 1. The molecule has 2 amide bonds. The molecule has 0 saturated carbocycles. The van der Waals surface area contributed by atoms with Crippen LogP contribution in [0.5, 0.6) is 5.75 Å². The molecule has 0 radical (unpaired) electrons. The number of carbonyl (C=O) groups is 1. The number of rotatable bonds is 4. The average molecular weight is 263 g/mol. The SMILES string of the molecule is CC(NC(=O)N(C)C)c1ccc(OC2CNC2)cc1. The number of hydrogen-bond acceptors (Lipinski definition) is 3. The molecule has 1 aromatic carbocycles. The number of nitrogens with zero attached hydrogens (tertiary/aromatic N) is 1. The fourth-order valence-corrected chi connectivity index (χ4v) is 1.77. The minimum atomic E-state index is -0.0895. The highest BCUT2D eigenvalue weighted by Crippen LogP contribution is 2.19. The summed E-state index contributed by atoms with van der Waals surface area (Å²) in [5, 5.41) is 6.08. The number of nitrogens with one attached hydrogen (secondary N) is 2. The Kier molecular flexibility index (Phi) is 4.27. The second kappa shape index (κ2) is 5.93. The Bertz CT molecular complexity index is 427. The molecule has 5 nitrogen and oxygen atoms in total. The summed E-state index contributed by atoms with van der Waals surface area (Å²) in [6.45, 7) is 3.79. The Morgan fingerprint density at radius 3 is 2.47 bits per heavy atom. The van der Waals surface area contributed by atoms with Crippen molar-refractivity contribution in [2.24, 2.45) is 0 Å². The first kappa shape index (κ1) is 13.7. The van der Waals surface area contributed by atoms with E-state index in [1.54, 1.807) is 14.1 Å². The maximum absolute atomic E-state index is 11.6. The molecule has 0 aliphatic carbocycles. The van der Waals surface area contributed by atoms with Gasteiger partial charge in [0, 0.05) is 27.2 Å². The molecule has 2 N–H and O–H groups in total. The average Bonchev–Trinajstić information content (AvgIpc) is 2.34. The van der Waals surface area contributed by atoms with Crippen molar-refractivity contribution in [1.82, 2.24) is 15.5 Å². The third-order valence-corrected chi connectivity index (χ3v) is 3.17. The first-order valence-electron chi connectivity index (χ1n) is 6.51. The first-order chi connectivity index (χ1) is 9.06. The molecule has 19 heavy (non-hydrogen) atoms. The molecule has 1 fully saturated rings. The molecule has 1 aromatic rings. The Hall–Kier alpha value is -1.75. The molecule has 0 spiro atoms. The standard InChI is InChI=1S/C14H21N3O2/c1-10(16-14(18)17(2)3)11-4-6-12(7-5-11)19-13-8-15-9-13/h4-7,10,13,15H,8-9H2,1-3H3,(H,16,18). The third-order valence-electron chi connectivity index (χ3n) is 3.17. The monoisotopic (exact) mass is 263 g/mol. The van der Waals surface area contributed by atoms with E-state index < -0.39 is 0 Å². The Labute approximate surface area is 113 Å². The summed E-state index contributed by atoms with van der Waals surface area (Å²) in [6.07, 6.45) is 0.289. The summed E-state index contributed by atoms with van der Waals surface area (Å²) in [6, 6.07) is 7.77. The predicted octanol–water partition coefficient (Wildman–Crippen LogP) is 1.37. The summed E-state index contributed by atoms with van der Waals surface area (Å²) in [5.74, 6) is 0.876. The number of carbonyl (C=O) groups excluding carboxylic acids is 1.